The predicted octanol–water partition coefficient (Wildman–Crippen LogP) is 3.36. The second kappa shape index (κ2) is 3.62. The van der Waals surface area contributed by atoms with E-state index in [9.17, 15) is 0 Å². The Morgan fingerprint density at radius 3 is 2.82 bits per heavy atom. The molecule has 1 aromatic carbocycles. The topological polar surface area (TPSA) is 52.0 Å². The first-order valence-electron chi connectivity index (χ1n) is 5.99. The normalized spacial score (nSPS) is 22.7. The molecule has 1 aliphatic carbocycles. The van der Waals surface area contributed by atoms with Gasteiger partial charge in [0.15, 0.2) is 5.82 Å². The molecule has 3 heteroatoms. The third-order valence-corrected chi connectivity index (χ3v) is 3.50. The molecule has 2 atom stereocenters. The third-order valence-electron chi connectivity index (χ3n) is 3.50. The highest BCUT2D eigenvalue weighted by molar-refractivity contribution is 5.76. The van der Waals surface area contributed by atoms with Crippen LogP contribution in [0.15, 0.2) is 28.8 Å². The van der Waals surface area contributed by atoms with Crippen molar-refractivity contribution in [3.05, 3.63) is 35.6 Å². The summed E-state index contributed by atoms with van der Waals surface area (Å²) in [5, 5.41) is 3.92. The maximum Gasteiger partial charge on any atom is 0.175 e. The summed E-state index contributed by atoms with van der Waals surface area (Å²) in [4.78, 5) is 0. The van der Waals surface area contributed by atoms with E-state index in [4.69, 9.17) is 10.3 Å². The average Bonchev–Trinajstić information content (AvgIpc) is 2.88. The highest BCUT2D eigenvalue weighted by Crippen LogP contribution is 2.51. The minimum atomic E-state index is 0.496. The minimum absolute atomic E-state index is 0.496. The van der Waals surface area contributed by atoms with Gasteiger partial charge in [-0.3, -0.25) is 0 Å². The van der Waals surface area contributed by atoms with Crippen LogP contribution >= 0.6 is 0 Å². The van der Waals surface area contributed by atoms with Crippen LogP contribution in [-0.2, 0) is 0 Å². The van der Waals surface area contributed by atoms with Gasteiger partial charge < -0.3 is 10.3 Å². The zero-order valence-electron chi connectivity index (χ0n) is 10.1. The van der Waals surface area contributed by atoms with E-state index in [2.05, 4.69) is 37.2 Å². The summed E-state index contributed by atoms with van der Waals surface area (Å²) in [7, 11) is 0. The Morgan fingerprint density at radius 2 is 2.18 bits per heavy atom. The highest BCUT2D eigenvalue weighted by atomic mass is 16.5. The molecule has 2 N–H and O–H groups in total. The van der Waals surface area contributed by atoms with Crippen molar-refractivity contribution in [3.8, 4) is 11.1 Å². The van der Waals surface area contributed by atoms with Crippen LogP contribution in [-0.4, -0.2) is 5.16 Å². The van der Waals surface area contributed by atoms with E-state index in [0.29, 0.717) is 17.7 Å². The Kier molecular flexibility index (Phi) is 2.21. The molecule has 0 radical (unpaired) electrons. The molecule has 0 saturated heterocycles. The van der Waals surface area contributed by atoms with Gasteiger partial charge >= 0.3 is 0 Å². The van der Waals surface area contributed by atoms with Gasteiger partial charge in [-0.1, -0.05) is 41.9 Å². The van der Waals surface area contributed by atoms with E-state index >= 15 is 0 Å². The predicted molar refractivity (Wildman–Crippen MR) is 67.6 cm³/mol. The SMILES string of the molecule is Cc1cccc(-c2c(N)noc2C2CC2C)c1. The Balaban J connectivity index is 2.10. The molecule has 1 saturated carbocycles. The molecule has 0 aliphatic heterocycles. The molecule has 1 heterocycles. The van der Waals surface area contributed by atoms with E-state index in [1.54, 1.807) is 0 Å². The summed E-state index contributed by atoms with van der Waals surface area (Å²) in [6.45, 7) is 4.30. The van der Waals surface area contributed by atoms with Gasteiger partial charge in [0.2, 0.25) is 0 Å². The van der Waals surface area contributed by atoms with Crippen molar-refractivity contribution in [1.82, 2.24) is 5.16 Å². The summed E-state index contributed by atoms with van der Waals surface area (Å²) in [6, 6.07) is 8.30. The number of nitrogen functional groups attached to an aromatic ring is 1. The quantitative estimate of drug-likeness (QED) is 0.857. The number of nitrogens with two attached hydrogens (primary N) is 1. The Hall–Kier alpha value is -1.77. The average molecular weight is 228 g/mol. The molecule has 0 spiro atoms. The van der Waals surface area contributed by atoms with Gasteiger partial charge in [-0.2, -0.15) is 0 Å². The Labute approximate surface area is 101 Å². The van der Waals surface area contributed by atoms with E-state index in [0.717, 1.165) is 16.9 Å². The van der Waals surface area contributed by atoms with Crippen molar-refractivity contribution >= 4 is 5.82 Å². The van der Waals surface area contributed by atoms with Gasteiger partial charge in [0.05, 0.1) is 5.56 Å². The van der Waals surface area contributed by atoms with E-state index in [1.807, 2.05) is 6.07 Å². The Bertz CT molecular complexity index is 559. The van der Waals surface area contributed by atoms with Gasteiger partial charge in [-0.15, -0.1) is 0 Å². The lowest BCUT2D eigenvalue weighted by Gasteiger charge is -2.03. The number of rotatable bonds is 2. The standard InChI is InChI=1S/C14H16N2O/c1-8-4-3-5-10(6-8)12-13(11-7-9(11)2)17-16-14(12)15/h3-6,9,11H,7H2,1-2H3,(H2,15,16). The lowest BCUT2D eigenvalue weighted by atomic mass is 10.0. The first-order valence-corrected chi connectivity index (χ1v) is 5.99. The summed E-state index contributed by atoms with van der Waals surface area (Å²) >= 11 is 0. The minimum Gasteiger partial charge on any atom is -0.380 e. The number of aryl methyl sites for hydroxylation is 1. The molecule has 0 bridgehead atoms. The van der Waals surface area contributed by atoms with Crippen LogP contribution in [0.2, 0.25) is 0 Å². The maximum atomic E-state index is 5.93. The number of hydrogen-bond donors (Lipinski definition) is 1. The van der Waals surface area contributed by atoms with E-state index in [1.165, 1.54) is 12.0 Å². The summed E-state index contributed by atoms with van der Waals surface area (Å²) in [5.74, 6) is 2.64. The number of benzene rings is 1. The second-order valence-corrected chi connectivity index (χ2v) is 5.00. The molecule has 17 heavy (non-hydrogen) atoms. The van der Waals surface area contributed by atoms with Crippen molar-refractivity contribution in [1.29, 1.82) is 0 Å². The van der Waals surface area contributed by atoms with Crippen LogP contribution in [0.1, 0.15) is 30.6 Å². The van der Waals surface area contributed by atoms with Gasteiger partial charge in [-0.05, 0) is 24.8 Å². The van der Waals surface area contributed by atoms with Crippen molar-refractivity contribution < 1.29 is 4.52 Å². The van der Waals surface area contributed by atoms with Gasteiger partial charge in [0.25, 0.3) is 0 Å². The number of nitrogens with zero attached hydrogens (tertiary/aromatic N) is 1. The Morgan fingerprint density at radius 1 is 1.41 bits per heavy atom. The monoisotopic (exact) mass is 228 g/mol. The molecule has 1 aliphatic rings. The lowest BCUT2D eigenvalue weighted by molar-refractivity contribution is 0.384. The van der Waals surface area contributed by atoms with Crippen LogP contribution in [0, 0.1) is 12.8 Å². The number of aromatic nitrogens is 1. The molecular formula is C14H16N2O. The fraction of sp³-hybridized carbons (Fsp3) is 0.357. The molecule has 88 valence electrons. The molecule has 1 aromatic heterocycles. The lowest BCUT2D eigenvalue weighted by Crippen LogP contribution is -1.90. The number of hydrogen-bond acceptors (Lipinski definition) is 3. The van der Waals surface area contributed by atoms with Crippen LogP contribution in [0.5, 0.6) is 0 Å². The molecule has 0 amide bonds. The molecule has 3 nitrogen and oxygen atoms in total. The summed E-state index contributed by atoms with van der Waals surface area (Å²) in [6.07, 6.45) is 1.17. The van der Waals surface area contributed by atoms with E-state index < -0.39 is 0 Å². The first kappa shape index (κ1) is 10.4. The highest BCUT2D eigenvalue weighted by Gasteiger charge is 2.40. The molecule has 1 fully saturated rings. The molecule has 2 aromatic rings. The zero-order chi connectivity index (χ0) is 12.0. The van der Waals surface area contributed by atoms with Crippen LogP contribution < -0.4 is 5.73 Å². The van der Waals surface area contributed by atoms with Crippen molar-refractivity contribution in [2.45, 2.75) is 26.2 Å². The first-order chi connectivity index (χ1) is 8.16. The molecule has 3 rings (SSSR count). The van der Waals surface area contributed by atoms with Gasteiger partial charge in [0, 0.05) is 5.92 Å². The third kappa shape index (κ3) is 1.71. The fourth-order valence-electron chi connectivity index (χ4n) is 2.35. The number of anilines is 1. The fourth-order valence-corrected chi connectivity index (χ4v) is 2.35. The van der Waals surface area contributed by atoms with Crippen molar-refractivity contribution in [3.63, 3.8) is 0 Å². The zero-order valence-corrected chi connectivity index (χ0v) is 10.1. The van der Waals surface area contributed by atoms with Crippen LogP contribution in [0.3, 0.4) is 0 Å². The summed E-state index contributed by atoms with van der Waals surface area (Å²) < 4.78 is 5.41. The van der Waals surface area contributed by atoms with Crippen molar-refractivity contribution in [2.75, 3.05) is 5.73 Å². The molecular weight excluding hydrogens is 212 g/mol. The second-order valence-electron chi connectivity index (χ2n) is 5.00. The van der Waals surface area contributed by atoms with Crippen molar-refractivity contribution in [2.24, 2.45) is 5.92 Å². The van der Waals surface area contributed by atoms with Crippen LogP contribution in [0.4, 0.5) is 5.82 Å². The van der Waals surface area contributed by atoms with Crippen LogP contribution in [0.25, 0.3) is 11.1 Å². The van der Waals surface area contributed by atoms with E-state index in [-0.39, 0.29) is 0 Å². The van der Waals surface area contributed by atoms with Gasteiger partial charge in [0.1, 0.15) is 5.76 Å². The maximum absolute atomic E-state index is 5.93. The molecule has 2 unspecified atom stereocenters. The smallest absolute Gasteiger partial charge is 0.175 e. The van der Waals surface area contributed by atoms with Gasteiger partial charge in [-0.25, -0.2) is 0 Å². The largest absolute Gasteiger partial charge is 0.380 e. The summed E-state index contributed by atoms with van der Waals surface area (Å²) in [5.41, 5.74) is 9.25.